The van der Waals surface area contributed by atoms with Crippen LogP contribution in [0.3, 0.4) is 0 Å². The van der Waals surface area contributed by atoms with Gasteiger partial charge in [-0.1, -0.05) is 0 Å². The van der Waals surface area contributed by atoms with Crippen molar-refractivity contribution in [1.29, 1.82) is 0 Å². The highest BCUT2D eigenvalue weighted by Gasteiger charge is 2.16. The summed E-state index contributed by atoms with van der Waals surface area (Å²) < 4.78 is 26.8. The molecule has 1 fully saturated rings. The number of hydrogen-bond donors (Lipinski definition) is 3. The van der Waals surface area contributed by atoms with Crippen LogP contribution in [0.5, 0.6) is 0 Å². The van der Waals surface area contributed by atoms with Crippen molar-refractivity contribution in [3.05, 3.63) is 35.9 Å². The Bertz CT molecular complexity index is 576. The van der Waals surface area contributed by atoms with Crippen molar-refractivity contribution in [2.45, 2.75) is 12.5 Å². The molecule has 1 saturated heterocycles. The van der Waals surface area contributed by atoms with Crippen LogP contribution in [0.2, 0.25) is 0 Å². The van der Waals surface area contributed by atoms with Crippen molar-refractivity contribution >= 4 is 5.82 Å². The number of aromatic amines is 1. The van der Waals surface area contributed by atoms with Crippen LogP contribution in [0, 0.1) is 11.6 Å². The minimum atomic E-state index is -0.473. The zero-order valence-corrected chi connectivity index (χ0v) is 10.2. The first-order valence-corrected chi connectivity index (χ1v) is 6.20. The molecule has 1 unspecified atom stereocenters. The molecule has 6 heteroatoms. The zero-order chi connectivity index (χ0) is 13.2. The molecule has 0 bridgehead atoms. The highest BCUT2D eigenvalue weighted by molar-refractivity contribution is 5.63. The summed E-state index contributed by atoms with van der Waals surface area (Å²) >= 11 is 0. The molecule has 0 aliphatic carbocycles. The van der Waals surface area contributed by atoms with E-state index in [1.807, 2.05) is 0 Å². The number of halogens is 2. The third kappa shape index (κ3) is 2.58. The number of rotatable bonds is 3. The summed E-state index contributed by atoms with van der Waals surface area (Å²) in [5.41, 5.74) is 0.649. The Morgan fingerprint density at radius 2 is 2.16 bits per heavy atom. The van der Waals surface area contributed by atoms with Crippen LogP contribution in [-0.2, 0) is 0 Å². The van der Waals surface area contributed by atoms with Gasteiger partial charge in [-0.3, -0.25) is 5.10 Å². The van der Waals surface area contributed by atoms with Gasteiger partial charge >= 0.3 is 0 Å². The number of anilines is 1. The topological polar surface area (TPSA) is 52.7 Å². The molecule has 3 rings (SSSR count). The molecule has 2 aromatic rings. The van der Waals surface area contributed by atoms with Crippen molar-refractivity contribution in [3.8, 4) is 11.3 Å². The van der Waals surface area contributed by atoms with Gasteiger partial charge in [-0.05, 0) is 31.2 Å². The van der Waals surface area contributed by atoms with Crippen LogP contribution in [0.15, 0.2) is 24.3 Å². The first-order chi connectivity index (χ1) is 9.22. The molecule has 0 saturated carbocycles. The molecule has 4 nitrogen and oxygen atoms in total. The maximum atomic E-state index is 13.6. The maximum Gasteiger partial charge on any atom is 0.148 e. The van der Waals surface area contributed by atoms with E-state index in [9.17, 15) is 8.78 Å². The smallest absolute Gasteiger partial charge is 0.148 e. The van der Waals surface area contributed by atoms with E-state index in [0.717, 1.165) is 37.7 Å². The fourth-order valence-electron chi connectivity index (χ4n) is 2.22. The van der Waals surface area contributed by atoms with Crippen LogP contribution in [0.25, 0.3) is 11.3 Å². The van der Waals surface area contributed by atoms with Gasteiger partial charge in [0.2, 0.25) is 0 Å². The highest BCUT2D eigenvalue weighted by Crippen LogP contribution is 2.24. The lowest BCUT2D eigenvalue weighted by molar-refractivity contribution is 0.602. The van der Waals surface area contributed by atoms with Crippen molar-refractivity contribution in [1.82, 2.24) is 15.5 Å². The van der Waals surface area contributed by atoms with Crippen LogP contribution >= 0.6 is 0 Å². The Balaban J connectivity index is 1.82. The number of hydrogen-bond acceptors (Lipinski definition) is 3. The molecule has 100 valence electrons. The fraction of sp³-hybridized carbons (Fsp3) is 0.308. The van der Waals surface area contributed by atoms with E-state index in [4.69, 9.17) is 0 Å². The Morgan fingerprint density at radius 1 is 1.26 bits per heavy atom. The van der Waals surface area contributed by atoms with E-state index in [0.29, 0.717) is 17.6 Å². The molecule has 1 aromatic heterocycles. The van der Waals surface area contributed by atoms with Gasteiger partial charge in [-0.25, -0.2) is 8.78 Å². The Hall–Kier alpha value is -1.95. The van der Waals surface area contributed by atoms with Crippen molar-refractivity contribution < 1.29 is 8.78 Å². The number of nitrogens with zero attached hydrogens (tertiary/aromatic N) is 1. The molecule has 0 radical (unpaired) electrons. The lowest BCUT2D eigenvalue weighted by atomic mass is 10.1. The van der Waals surface area contributed by atoms with E-state index in [1.165, 1.54) is 0 Å². The highest BCUT2D eigenvalue weighted by atomic mass is 19.1. The quantitative estimate of drug-likeness (QED) is 0.796. The standard InChI is InChI=1S/C13H14F2N4/c14-8-1-2-11(15)10(5-8)12-6-13(19-18-12)17-9-3-4-16-7-9/h1-2,5-6,9,16H,3-4,7H2,(H2,17,18,19). The molecule has 2 heterocycles. The van der Waals surface area contributed by atoms with Gasteiger partial charge in [0.1, 0.15) is 17.5 Å². The average Bonchev–Trinajstić information content (AvgIpc) is 3.04. The molecule has 19 heavy (non-hydrogen) atoms. The summed E-state index contributed by atoms with van der Waals surface area (Å²) in [6, 6.07) is 5.38. The first kappa shape index (κ1) is 12.1. The normalized spacial score (nSPS) is 18.7. The van der Waals surface area contributed by atoms with Crippen LogP contribution in [0.1, 0.15) is 6.42 Å². The molecule has 0 spiro atoms. The van der Waals surface area contributed by atoms with Gasteiger partial charge in [0, 0.05) is 24.2 Å². The van der Waals surface area contributed by atoms with Crippen LogP contribution < -0.4 is 10.6 Å². The molecular weight excluding hydrogens is 250 g/mol. The van der Waals surface area contributed by atoms with Gasteiger partial charge in [0.25, 0.3) is 0 Å². The predicted octanol–water partition coefficient (Wildman–Crippen LogP) is 2.13. The van der Waals surface area contributed by atoms with Crippen LogP contribution in [0.4, 0.5) is 14.6 Å². The van der Waals surface area contributed by atoms with E-state index >= 15 is 0 Å². The minimum Gasteiger partial charge on any atom is -0.365 e. The molecule has 1 aromatic carbocycles. The Kier molecular flexibility index (Phi) is 3.16. The van der Waals surface area contributed by atoms with E-state index in [2.05, 4.69) is 20.8 Å². The third-order valence-corrected chi connectivity index (χ3v) is 3.21. The summed E-state index contributed by atoms with van der Waals surface area (Å²) in [4.78, 5) is 0. The second kappa shape index (κ2) is 4.97. The molecule has 3 N–H and O–H groups in total. The summed E-state index contributed by atoms with van der Waals surface area (Å²) in [6.45, 7) is 1.87. The number of nitrogens with one attached hydrogen (secondary N) is 3. The van der Waals surface area contributed by atoms with Gasteiger partial charge in [-0.2, -0.15) is 5.10 Å². The molecule has 1 aliphatic heterocycles. The number of benzene rings is 1. The molecule has 1 atom stereocenters. The third-order valence-electron chi connectivity index (χ3n) is 3.21. The fourth-order valence-corrected chi connectivity index (χ4v) is 2.22. The monoisotopic (exact) mass is 264 g/mol. The second-order valence-corrected chi connectivity index (χ2v) is 4.63. The van der Waals surface area contributed by atoms with Gasteiger partial charge in [0.15, 0.2) is 0 Å². The minimum absolute atomic E-state index is 0.185. The van der Waals surface area contributed by atoms with Gasteiger partial charge in [-0.15, -0.1) is 0 Å². The molecule has 1 aliphatic rings. The Morgan fingerprint density at radius 3 is 2.95 bits per heavy atom. The molecule has 0 amide bonds. The largest absolute Gasteiger partial charge is 0.365 e. The van der Waals surface area contributed by atoms with E-state index < -0.39 is 11.6 Å². The lowest BCUT2D eigenvalue weighted by Crippen LogP contribution is -2.22. The zero-order valence-electron chi connectivity index (χ0n) is 10.2. The lowest BCUT2D eigenvalue weighted by Gasteiger charge is -2.08. The van der Waals surface area contributed by atoms with Crippen LogP contribution in [-0.4, -0.2) is 29.3 Å². The van der Waals surface area contributed by atoms with Crippen molar-refractivity contribution in [2.75, 3.05) is 18.4 Å². The predicted molar refractivity (Wildman–Crippen MR) is 68.8 cm³/mol. The van der Waals surface area contributed by atoms with Crippen molar-refractivity contribution in [2.24, 2.45) is 0 Å². The number of aromatic nitrogens is 2. The SMILES string of the molecule is Fc1ccc(F)c(-c2cc(NC3CCNC3)n[nH]2)c1. The summed E-state index contributed by atoms with van der Waals surface area (Å²) in [5.74, 6) is -0.299. The molecular formula is C13H14F2N4. The summed E-state index contributed by atoms with van der Waals surface area (Å²) in [5, 5.41) is 13.3. The van der Waals surface area contributed by atoms with Gasteiger partial charge < -0.3 is 10.6 Å². The second-order valence-electron chi connectivity index (χ2n) is 4.63. The summed E-state index contributed by atoms with van der Waals surface area (Å²) in [7, 11) is 0. The Labute approximate surface area is 109 Å². The number of H-pyrrole nitrogens is 1. The van der Waals surface area contributed by atoms with Crippen molar-refractivity contribution in [3.63, 3.8) is 0 Å². The average molecular weight is 264 g/mol. The van der Waals surface area contributed by atoms with E-state index in [-0.39, 0.29) is 5.56 Å². The van der Waals surface area contributed by atoms with E-state index in [1.54, 1.807) is 6.07 Å². The maximum absolute atomic E-state index is 13.6. The van der Waals surface area contributed by atoms with Gasteiger partial charge in [0.05, 0.1) is 5.69 Å². The summed E-state index contributed by atoms with van der Waals surface area (Å²) in [6.07, 6.45) is 1.02. The first-order valence-electron chi connectivity index (χ1n) is 6.20.